The summed E-state index contributed by atoms with van der Waals surface area (Å²) in [5.41, 5.74) is 1.04. The molecule has 0 aromatic rings. The van der Waals surface area contributed by atoms with Gasteiger partial charge in [0.05, 0.1) is 5.03 Å². The Morgan fingerprint density at radius 3 is 2.27 bits per heavy atom. The van der Waals surface area contributed by atoms with Crippen molar-refractivity contribution in [3.63, 3.8) is 0 Å². The van der Waals surface area contributed by atoms with E-state index in [9.17, 15) is 0 Å². The van der Waals surface area contributed by atoms with E-state index in [2.05, 4.69) is 6.58 Å². The molecule has 11 heavy (non-hydrogen) atoms. The van der Waals surface area contributed by atoms with Gasteiger partial charge in [0.25, 0.3) is 0 Å². The number of allylic oxidation sites excluding steroid dienone is 5. The van der Waals surface area contributed by atoms with Crippen LogP contribution in [0, 0.1) is 0 Å². The van der Waals surface area contributed by atoms with Gasteiger partial charge in [0.2, 0.25) is 0 Å². The Morgan fingerprint density at radius 1 is 1.36 bits per heavy atom. The minimum atomic E-state index is 0.571. The summed E-state index contributed by atoms with van der Waals surface area (Å²) < 4.78 is 0. The van der Waals surface area contributed by atoms with Crippen molar-refractivity contribution in [3.8, 4) is 0 Å². The molecular weight excluding hydrogens is 179 g/mol. The molecule has 62 valence electrons. The number of hydrogen-bond acceptors (Lipinski definition) is 0. The van der Waals surface area contributed by atoms with Gasteiger partial charge in [-0.1, -0.05) is 48.4 Å². The third-order valence-corrected chi connectivity index (χ3v) is 1.96. The molecule has 0 heterocycles. The van der Waals surface area contributed by atoms with Gasteiger partial charge in [-0.05, 0) is 19.4 Å². The lowest BCUT2D eigenvalue weighted by Crippen LogP contribution is -1.71. The third-order valence-electron chi connectivity index (χ3n) is 1.25. The van der Waals surface area contributed by atoms with Crippen molar-refractivity contribution in [2.45, 2.75) is 20.3 Å². The lowest BCUT2D eigenvalue weighted by Gasteiger charge is -1.92. The molecular formula is C9H12Cl2. The van der Waals surface area contributed by atoms with Gasteiger partial charge in [-0.2, -0.15) is 0 Å². The Labute approximate surface area is 78.2 Å². The van der Waals surface area contributed by atoms with Gasteiger partial charge < -0.3 is 0 Å². The Hall–Kier alpha value is -0.200. The van der Waals surface area contributed by atoms with Crippen LogP contribution in [0.4, 0.5) is 0 Å². The van der Waals surface area contributed by atoms with Gasteiger partial charge in [-0.25, -0.2) is 0 Å². The molecule has 0 aliphatic heterocycles. The summed E-state index contributed by atoms with van der Waals surface area (Å²) in [6, 6.07) is 0. The molecule has 0 unspecified atom stereocenters. The van der Waals surface area contributed by atoms with Crippen molar-refractivity contribution in [3.05, 3.63) is 34.4 Å². The van der Waals surface area contributed by atoms with Gasteiger partial charge in [0, 0.05) is 5.03 Å². The van der Waals surface area contributed by atoms with Gasteiger partial charge in [-0.15, -0.1) is 0 Å². The molecule has 0 aliphatic carbocycles. The summed E-state index contributed by atoms with van der Waals surface area (Å²) in [7, 11) is 0. The minimum absolute atomic E-state index is 0.571. The summed E-state index contributed by atoms with van der Waals surface area (Å²) in [6.07, 6.45) is 4.56. The summed E-state index contributed by atoms with van der Waals surface area (Å²) in [5, 5.41) is 1.17. The maximum atomic E-state index is 5.74. The zero-order valence-electron chi connectivity index (χ0n) is 6.82. The van der Waals surface area contributed by atoms with Crippen LogP contribution in [0.25, 0.3) is 0 Å². The molecule has 0 saturated heterocycles. The first-order valence-corrected chi connectivity index (χ1v) is 4.21. The summed E-state index contributed by atoms with van der Waals surface area (Å²) in [6.45, 7) is 7.59. The van der Waals surface area contributed by atoms with Crippen LogP contribution in [0.2, 0.25) is 0 Å². The molecule has 0 atom stereocenters. The van der Waals surface area contributed by atoms with Crippen molar-refractivity contribution < 1.29 is 0 Å². The highest BCUT2D eigenvalue weighted by Crippen LogP contribution is 2.15. The van der Waals surface area contributed by atoms with E-state index in [0.717, 1.165) is 12.0 Å². The van der Waals surface area contributed by atoms with E-state index in [1.165, 1.54) is 0 Å². The molecule has 0 nitrogen and oxygen atoms in total. The smallest absolute Gasteiger partial charge is 0.0548 e. The SMILES string of the molecule is C=C(/C=C\C(Cl)=C(/C)Cl)CC. The van der Waals surface area contributed by atoms with Gasteiger partial charge >= 0.3 is 0 Å². The first-order valence-electron chi connectivity index (χ1n) is 3.45. The first kappa shape index (κ1) is 10.8. The highest BCUT2D eigenvalue weighted by Gasteiger charge is 1.89. The molecule has 0 amide bonds. The molecule has 0 rings (SSSR count). The normalized spacial score (nSPS) is 13.5. The zero-order valence-corrected chi connectivity index (χ0v) is 8.34. The summed E-state index contributed by atoms with van der Waals surface area (Å²) in [4.78, 5) is 0. The van der Waals surface area contributed by atoms with Crippen molar-refractivity contribution in [1.29, 1.82) is 0 Å². The predicted octanol–water partition coefficient (Wildman–Crippen LogP) is 4.22. The fourth-order valence-corrected chi connectivity index (χ4v) is 0.550. The van der Waals surface area contributed by atoms with Crippen LogP contribution in [-0.4, -0.2) is 0 Å². The van der Waals surface area contributed by atoms with Crippen molar-refractivity contribution in [1.82, 2.24) is 0 Å². The summed E-state index contributed by atoms with van der Waals surface area (Å²) >= 11 is 11.4. The van der Waals surface area contributed by atoms with Crippen LogP contribution in [0.1, 0.15) is 20.3 Å². The van der Waals surface area contributed by atoms with Gasteiger partial charge in [0.1, 0.15) is 0 Å². The molecule has 0 aromatic heterocycles. The monoisotopic (exact) mass is 190 g/mol. The van der Waals surface area contributed by atoms with E-state index in [1.807, 2.05) is 13.0 Å². The quantitative estimate of drug-likeness (QED) is 0.586. The highest BCUT2D eigenvalue weighted by atomic mass is 35.5. The molecule has 0 N–H and O–H groups in total. The molecule has 0 bridgehead atoms. The van der Waals surface area contributed by atoms with Crippen LogP contribution >= 0.6 is 23.2 Å². The average molecular weight is 191 g/mol. The van der Waals surface area contributed by atoms with Crippen molar-refractivity contribution in [2.24, 2.45) is 0 Å². The Kier molecular flexibility index (Phi) is 5.35. The van der Waals surface area contributed by atoms with E-state index in [4.69, 9.17) is 23.2 Å². The molecule has 0 fully saturated rings. The molecule has 2 heteroatoms. The van der Waals surface area contributed by atoms with Gasteiger partial charge in [0.15, 0.2) is 0 Å². The standard InChI is InChI=1S/C9H12Cl2/c1-4-7(2)5-6-9(11)8(3)10/h5-6H,2,4H2,1,3H3/b6-5-,9-8-. The average Bonchev–Trinajstić information content (AvgIpc) is 1.99. The Balaban J connectivity index is 4.15. The van der Waals surface area contributed by atoms with Crippen LogP contribution in [0.3, 0.4) is 0 Å². The van der Waals surface area contributed by atoms with Crippen molar-refractivity contribution in [2.75, 3.05) is 0 Å². The topological polar surface area (TPSA) is 0 Å². The first-order chi connectivity index (χ1) is 5.07. The molecule has 0 spiro atoms. The van der Waals surface area contributed by atoms with E-state index >= 15 is 0 Å². The zero-order chi connectivity index (χ0) is 8.85. The molecule has 0 radical (unpaired) electrons. The Morgan fingerprint density at radius 2 is 1.91 bits per heavy atom. The lowest BCUT2D eigenvalue weighted by molar-refractivity contribution is 1.16. The lowest BCUT2D eigenvalue weighted by atomic mass is 10.2. The maximum absolute atomic E-state index is 5.74. The van der Waals surface area contributed by atoms with E-state index < -0.39 is 0 Å². The Bertz CT molecular complexity index is 196. The fourth-order valence-electron chi connectivity index (χ4n) is 0.424. The van der Waals surface area contributed by atoms with E-state index in [-0.39, 0.29) is 0 Å². The predicted molar refractivity (Wildman–Crippen MR) is 53.0 cm³/mol. The number of halogens is 2. The van der Waals surface area contributed by atoms with E-state index in [1.54, 1.807) is 13.0 Å². The second-order valence-electron chi connectivity index (χ2n) is 2.23. The third kappa shape index (κ3) is 5.11. The number of hydrogen-bond donors (Lipinski definition) is 0. The minimum Gasteiger partial charge on any atom is -0.0958 e. The number of rotatable bonds is 3. The van der Waals surface area contributed by atoms with Crippen LogP contribution in [0.15, 0.2) is 34.4 Å². The maximum Gasteiger partial charge on any atom is 0.0548 e. The second-order valence-corrected chi connectivity index (χ2v) is 3.20. The van der Waals surface area contributed by atoms with Crippen LogP contribution < -0.4 is 0 Å². The molecule has 0 aromatic carbocycles. The van der Waals surface area contributed by atoms with Gasteiger partial charge in [-0.3, -0.25) is 0 Å². The molecule has 0 saturated carbocycles. The van der Waals surface area contributed by atoms with Crippen LogP contribution in [0.5, 0.6) is 0 Å². The van der Waals surface area contributed by atoms with E-state index in [0.29, 0.717) is 10.1 Å². The highest BCUT2D eigenvalue weighted by molar-refractivity contribution is 6.39. The van der Waals surface area contributed by atoms with Crippen molar-refractivity contribution >= 4 is 23.2 Å². The molecule has 0 aliphatic rings. The fraction of sp³-hybridized carbons (Fsp3) is 0.333. The second kappa shape index (κ2) is 5.45. The van der Waals surface area contributed by atoms with Crippen LogP contribution in [-0.2, 0) is 0 Å². The summed E-state index contributed by atoms with van der Waals surface area (Å²) in [5.74, 6) is 0. The largest absolute Gasteiger partial charge is 0.0958 e.